The van der Waals surface area contributed by atoms with Crippen LogP contribution >= 0.6 is 0 Å². The summed E-state index contributed by atoms with van der Waals surface area (Å²) < 4.78 is 0. The zero-order valence-corrected chi connectivity index (χ0v) is 10.5. The normalized spacial score (nSPS) is 30.6. The Balaban J connectivity index is 2.65. The molecule has 1 fully saturated rings. The Kier molecular flexibility index (Phi) is 3.59. The van der Waals surface area contributed by atoms with E-state index in [-0.39, 0.29) is 0 Å². The second-order valence-corrected chi connectivity index (χ2v) is 5.43. The molecule has 0 aromatic heterocycles. The number of piperazine rings is 1. The van der Waals surface area contributed by atoms with Crippen molar-refractivity contribution in [2.45, 2.75) is 58.5 Å². The fourth-order valence-electron chi connectivity index (χ4n) is 2.03. The van der Waals surface area contributed by atoms with Gasteiger partial charge in [0.05, 0.1) is 0 Å². The van der Waals surface area contributed by atoms with E-state index in [9.17, 15) is 0 Å². The van der Waals surface area contributed by atoms with Crippen molar-refractivity contribution in [3.63, 3.8) is 0 Å². The predicted molar refractivity (Wildman–Crippen MR) is 62.6 cm³/mol. The quantitative estimate of drug-likeness (QED) is 0.748. The highest BCUT2D eigenvalue weighted by atomic mass is 15.3. The van der Waals surface area contributed by atoms with Gasteiger partial charge in [-0.15, -0.1) is 0 Å². The first-order valence-corrected chi connectivity index (χ1v) is 5.93. The Morgan fingerprint density at radius 2 is 2.00 bits per heavy atom. The first kappa shape index (κ1) is 12.0. The van der Waals surface area contributed by atoms with Gasteiger partial charge in [-0.3, -0.25) is 4.90 Å². The zero-order chi connectivity index (χ0) is 10.8. The molecular formula is C12H26N2. The highest BCUT2D eigenvalue weighted by Gasteiger charge is 2.34. The Morgan fingerprint density at radius 3 is 2.50 bits per heavy atom. The molecule has 1 aliphatic rings. The van der Waals surface area contributed by atoms with Gasteiger partial charge in [0, 0.05) is 30.7 Å². The molecular weight excluding hydrogens is 172 g/mol. The Morgan fingerprint density at radius 1 is 1.36 bits per heavy atom. The van der Waals surface area contributed by atoms with Crippen molar-refractivity contribution in [2.24, 2.45) is 0 Å². The van der Waals surface area contributed by atoms with Gasteiger partial charge in [-0.25, -0.2) is 0 Å². The van der Waals surface area contributed by atoms with Gasteiger partial charge in [-0.2, -0.15) is 0 Å². The molecule has 2 nitrogen and oxygen atoms in total. The van der Waals surface area contributed by atoms with Crippen molar-refractivity contribution in [3.8, 4) is 0 Å². The van der Waals surface area contributed by atoms with Crippen LogP contribution in [0.4, 0.5) is 0 Å². The van der Waals surface area contributed by atoms with Crippen LogP contribution in [-0.4, -0.2) is 35.6 Å². The van der Waals surface area contributed by atoms with E-state index in [1.165, 1.54) is 25.9 Å². The summed E-state index contributed by atoms with van der Waals surface area (Å²) in [6.45, 7) is 15.1. The van der Waals surface area contributed by atoms with Gasteiger partial charge in [0.25, 0.3) is 0 Å². The standard InChI is InChI=1S/C12H26N2/c1-6-11(3,4)14-9-8-13-12(5,7-2)10-14/h13H,6-10H2,1-5H3. The van der Waals surface area contributed by atoms with Crippen molar-refractivity contribution in [3.05, 3.63) is 0 Å². The van der Waals surface area contributed by atoms with E-state index < -0.39 is 0 Å². The van der Waals surface area contributed by atoms with Crippen LogP contribution in [0.15, 0.2) is 0 Å². The van der Waals surface area contributed by atoms with Crippen LogP contribution in [0.3, 0.4) is 0 Å². The van der Waals surface area contributed by atoms with E-state index >= 15 is 0 Å². The maximum atomic E-state index is 3.63. The van der Waals surface area contributed by atoms with Crippen LogP contribution in [0.25, 0.3) is 0 Å². The molecule has 1 heterocycles. The summed E-state index contributed by atoms with van der Waals surface area (Å²) in [5, 5.41) is 3.63. The van der Waals surface area contributed by atoms with Crippen molar-refractivity contribution >= 4 is 0 Å². The summed E-state index contributed by atoms with van der Waals surface area (Å²) in [6.07, 6.45) is 2.44. The summed E-state index contributed by atoms with van der Waals surface area (Å²) in [4.78, 5) is 2.63. The van der Waals surface area contributed by atoms with Gasteiger partial charge >= 0.3 is 0 Å². The van der Waals surface area contributed by atoms with Crippen molar-refractivity contribution < 1.29 is 0 Å². The molecule has 1 atom stereocenters. The zero-order valence-electron chi connectivity index (χ0n) is 10.5. The SMILES string of the molecule is CCC1(C)CN(C(C)(C)CC)CCN1. The van der Waals surface area contributed by atoms with E-state index in [1.54, 1.807) is 0 Å². The molecule has 1 unspecified atom stereocenters. The van der Waals surface area contributed by atoms with Crippen molar-refractivity contribution in [1.82, 2.24) is 10.2 Å². The highest BCUT2D eigenvalue weighted by molar-refractivity contribution is 4.94. The molecule has 0 bridgehead atoms. The lowest BCUT2D eigenvalue weighted by Gasteiger charge is -2.48. The lowest BCUT2D eigenvalue weighted by Crippen LogP contribution is -2.62. The second kappa shape index (κ2) is 4.19. The fourth-order valence-corrected chi connectivity index (χ4v) is 2.03. The van der Waals surface area contributed by atoms with E-state index in [1.807, 2.05) is 0 Å². The number of rotatable bonds is 3. The molecule has 0 aromatic rings. The highest BCUT2D eigenvalue weighted by Crippen LogP contribution is 2.24. The lowest BCUT2D eigenvalue weighted by molar-refractivity contribution is 0.0477. The molecule has 1 N–H and O–H groups in total. The van der Waals surface area contributed by atoms with Crippen LogP contribution in [0, 0.1) is 0 Å². The van der Waals surface area contributed by atoms with Crippen molar-refractivity contribution in [2.75, 3.05) is 19.6 Å². The fraction of sp³-hybridized carbons (Fsp3) is 1.00. The van der Waals surface area contributed by atoms with Crippen LogP contribution < -0.4 is 5.32 Å². The minimum Gasteiger partial charge on any atom is -0.309 e. The van der Waals surface area contributed by atoms with Gasteiger partial charge in [0.2, 0.25) is 0 Å². The Labute approximate surface area is 89.1 Å². The number of nitrogens with one attached hydrogen (secondary N) is 1. The molecule has 1 aliphatic heterocycles. The molecule has 2 heteroatoms. The maximum Gasteiger partial charge on any atom is 0.0278 e. The molecule has 84 valence electrons. The predicted octanol–water partition coefficient (Wildman–Crippen LogP) is 2.25. The third-order valence-corrected chi connectivity index (χ3v) is 3.97. The van der Waals surface area contributed by atoms with E-state index in [2.05, 4.69) is 44.8 Å². The largest absolute Gasteiger partial charge is 0.309 e. The molecule has 14 heavy (non-hydrogen) atoms. The number of hydrogen-bond acceptors (Lipinski definition) is 2. The second-order valence-electron chi connectivity index (χ2n) is 5.43. The van der Waals surface area contributed by atoms with Gasteiger partial charge in [0.1, 0.15) is 0 Å². The summed E-state index contributed by atoms with van der Waals surface area (Å²) in [5.74, 6) is 0. The summed E-state index contributed by atoms with van der Waals surface area (Å²) in [7, 11) is 0. The molecule has 1 rings (SSSR count). The third kappa shape index (κ3) is 2.48. The van der Waals surface area contributed by atoms with E-state index in [0.29, 0.717) is 11.1 Å². The monoisotopic (exact) mass is 198 g/mol. The van der Waals surface area contributed by atoms with Crippen LogP contribution in [0.1, 0.15) is 47.5 Å². The topological polar surface area (TPSA) is 15.3 Å². The molecule has 1 saturated heterocycles. The van der Waals surface area contributed by atoms with Gasteiger partial charge < -0.3 is 5.32 Å². The number of nitrogens with zero attached hydrogens (tertiary/aromatic N) is 1. The molecule has 0 aliphatic carbocycles. The minimum absolute atomic E-state index is 0.324. The molecule has 0 spiro atoms. The average Bonchev–Trinajstić information content (AvgIpc) is 2.18. The van der Waals surface area contributed by atoms with Crippen LogP contribution in [0.2, 0.25) is 0 Å². The molecule has 0 amide bonds. The maximum absolute atomic E-state index is 3.63. The molecule has 0 saturated carbocycles. The van der Waals surface area contributed by atoms with Gasteiger partial charge in [-0.05, 0) is 33.6 Å². The number of hydrogen-bond donors (Lipinski definition) is 1. The average molecular weight is 198 g/mol. The Hall–Kier alpha value is -0.0800. The van der Waals surface area contributed by atoms with Crippen LogP contribution in [0.5, 0.6) is 0 Å². The Bertz CT molecular complexity index is 184. The first-order chi connectivity index (χ1) is 6.43. The van der Waals surface area contributed by atoms with E-state index in [0.717, 1.165) is 6.54 Å². The smallest absolute Gasteiger partial charge is 0.0278 e. The first-order valence-electron chi connectivity index (χ1n) is 5.93. The minimum atomic E-state index is 0.324. The third-order valence-electron chi connectivity index (χ3n) is 3.97. The van der Waals surface area contributed by atoms with Gasteiger partial charge in [0.15, 0.2) is 0 Å². The van der Waals surface area contributed by atoms with Gasteiger partial charge in [-0.1, -0.05) is 13.8 Å². The lowest BCUT2D eigenvalue weighted by atomic mass is 9.90. The van der Waals surface area contributed by atoms with E-state index in [4.69, 9.17) is 0 Å². The summed E-state index contributed by atoms with van der Waals surface area (Å²) >= 11 is 0. The molecule has 0 radical (unpaired) electrons. The molecule has 0 aromatic carbocycles. The van der Waals surface area contributed by atoms with Crippen molar-refractivity contribution in [1.29, 1.82) is 0 Å². The van der Waals surface area contributed by atoms with Crippen LogP contribution in [-0.2, 0) is 0 Å². The summed E-state index contributed by atoms with van der Waals surface area (Å²) in [6, 6.07) is 0. The summed E-state index contributed by atoms with van der Waals surface area (Å²) in [5.41, 5.74) is 0.684.